The molecule has 1 unspecified atom stereocenters. The number of aliphatic hydroxyl groups is 1. The van der Waals surface area contributed by atoms with Crippen LogP contribution >= 0.6 is 22.7 Å². The first-order chi connectivity index (χ1) is 10.4. The lowest BCUT2D eigenvalue weighted by Crippen LogP contribution is -2.40. The zero-order valence-corrected chi connectivity index (χ0v) is 14.4. The molecule has 0 saturated heterocycles. The van der Waals surface area contributed by atoms with Gasteiger partial charge < -0.3 is 10.4 Å². The fourth-order valence-corrected chi connectivity index (χ4v) is 3.53. The molecule has 2 heterocycles. The van der Waals surface area contributed by atoms with Crippen molar-refractivity contribution in [3.8, 4) is 0 Å². The third-order valence-corrected chi connectivity index (χ3v) is 4.55. The molecule has 0 radical (unpaired) electrons. The van der Waals surface area contributed by atoms with Gasteiger partial charge in [0.1, 0.15) is 10.6 Å². The molecule has 1 atom stereocenters. The first kappa shape index (κ1) is 16.9. The number of amides is 2. The summed E-state index contributed by atoms with van der Waals surface area (Å²) in [6, 6.07) is 1.44. The van der Waals surface area contributed by atoms with E-state index in [-0.39, 0.29) is 6.54 Å². The number of nitrogens with zero attached hydrogens (tertiary/aromatic N) is 2. The van der Waals surface area contributed by atoms with Crippen molar-refractivity contribution in [1.29, 1.82) is 0 Å². The van der Waals surface area contributed by atoms with E-state index in [4.69, 9.17) is 0 Å². The average molecular weight is 340 g/mol. The van der Waals surface area contributed by atoms with Crippen molar-refractivity contribution >= 4 is 33.8 Å². The van der Waals surface area contributed by atoms with Crippen LogP contribution in [0, 0.1) is 5.92 Å². The molecule has 22 heavy (non-hydrogen) atoms. The van der Waals surface area contributed by atoms with Gasteiger partial charge in [-0.3, -0.25) is 5.32 Å². The zero-order valence-electron chi connectivity index (χ0n) is 12.8. The number of aromatic nitrogens is 2. The molecule has 0 aliphatic rings. The van der Waals surface area contributed by atoms with Crippen molar-refractivity contribution in [1.82, 2.24) is 15.5 Å². The molecule has 2 amide bonds. The van der Waals surface area contributed by atoms with E-state index in [0.29, 0.717) is 11.0 Å². The molecular formula is C14H20N4O2S2. The molecule has 2 rings (SSSR count). The summed E-state index contributed by atoms with van der Waals surface area (Å²) >= 11 is 2.87. The molecule has 2 aromatic heterocycles. The number of anilines is 1. The lowest BCUT2D eigenvalue weighted by Gasteiger charge is -2.22. The Morgan fingerprint density at radius 3 is 2.86 bits per heavy atom. The summed E-state index contributed by atoms with van der Waals surface area (Å²) in [6.45, 7) is 6.00. The highest BCUT2D eigenvalue weighted by molar-refractivity contribution is 7.15. The van der Waals surface area contributed by atoms with Gasteiger partial charge in [0.25, 0.3) is 0 Å². The molecule has 6 nitrogen and oxygen atoms in total. The van der Waals surface area contributed by atoms with Crippen LogP contribution in [0.1, 0.15) is 31.3 Å². The average Bonchev–Trinajstić information content (AvgIpc) is 3.08. The van der Waals surface area contributed by atoms with Crippen LogP contribution in [0.3, 0.4) is 0 Å². The molecule has 3 N–H and O–H groups in total. The molecule has 2 aromatic rings. The summed E-state index contributed by atoms with van der Waals surface area (Å²) in [6.07, 6.45) is 0.841. The molecule has 0 aliphatic heterocycles. The van der Waals surface area contributed by atoms with Gasteiger partial charge in [0.2, 0.25) is 5.13 Å². The number of hydrogen-bond acceptors (Lipinski definition) is 6. The number of hydrogen-bond donors (Lipinski definition) is 3. The van der Waals surface area contributed by atoms with Gasteiger partial charge in [0, 0.05) is 6.42 Å². The van der Waals surface area contributed by atoms with Crippen molar-refractivity contribution in [2.45, 2.75) is 32.8 Å². The van der Waals surface area contributed by atoms with Crippen molar-refractivity contribution < 1.29 is 9.90 Å². The van der Waals surface area contributed by atoms with Gasteiger partial charge in [-0.2, -0.15) is 11.3 Å². The SMILES string of the molecule is CC(C)Cc1nnc(NC(=O)NCC(C)(O)c2ccsc2)s1. The van der Waals surface area contributed by atoms with Gasteiger partial charge in [0.05, 0.1) is 6.54 Å². The highest BCUT2D eigenvalue weighted by atomic mass is 32.1. The van der Waals surface area contributed by atoms with E-state index in [0.717, 1.165) is 17.0 Å². The maximum absolute atomic E-state index is 11.9. The van der Waals surface area contributed by atoms with E-state index >= 15 is 0 Å². The van der Waals surface area contributed by atoms with Crippen LogP contribution in [0.25, 0.3) is 0 Å². The first-order valence-corrected chi connectivity index (χ1v) is 8.75. The molecule has 8 heteroatoms. The largest absolute Gasteiger partial charge is 0.384 e. The van der Waals surface area contributed by atoms with Crippen molar-refractivity contribution in [2.24, 2.45) is 5.92 Å². The first-order valence-electron chi connectivity index (χ1n) is 6.99. The predicted molar refractivity (Wildman–Crippen MR) is 89.4 cm³/mol. The number of carbonyl (C=O) groups is 1. The van der Waals surface area contributed by atoms with Crippen molar-refractivity contribution in [2.75, 3.05) is 11.9 Å². The Balaban J connectivity index is 1.84. The normalized spacial score (nSPS) is 13.9. The molecule has 0 aromatic carbocycles. The van der Waals surface area contributed by atoms with Crippen LogP contribution in [-0.4, -0.2) is 27.9 Å². The minimum Gasteiger partial charge on any atom is -0.384 e. The molecule has 0 saturated carbocycles. The quantitative estimate of drug-likeness (QED) is 0.754. The number of nitrogens with one attached hydrogen (secondary N) is 2. The smallest absolute Gasteiger partial charge is 0.321 e. The topological polar surface area (TPSA) is 87.1 Å². The van der Waals surface area contributed by atoms with Crippen LogP contribution in [0.4, 0.5) is 9.93 Å². The number of rotatable bonds is 6. The molecule has 120 valence electrons. The second-order valence-corrected chi connectivity index (χ2v) is 7.53. The lowest BCUT2D eigenvalue weighted by atomic mass is 9.99. The third-order valence-electron chi connectivity index (χ3n) is 3.01. The van der Waals surface area contributed by atoms with Crippen LogP contribution < -0.4 is 10.6 Å². The molecule has 0 aliphatic carbocycles. The fraction of sp³-hybridized carbons (Fsp3) is 0.500. The third kappa shape index (κ3) is 4.75. The van der Waals surface area contributed by atoms with Gasteiger partial charge in [-0.05, 0) is 35.2 Å². The molecule has 0 bridgehead atoms. The molecule has 0 fully saturated rings. The van der Waals surface area contributed by atoms with Crippen LogP contribution in [-0.2, 0) is 12.0 Å². The standard InChI is InChI=1S/C14H20N4O2S2/c1-9(2)6-11-17-18-13(22-11)16-12(19)15-8-14(3,20)10-4-5-21-7-10/h4-5,7,9,20H,6,8H2,1-3H3,(H2,15,16,18,19). The number of thiophene rings is 1. The minimum atomic E-state index is -1.10. The van der Waals surface area contributed by atoms with Crippen LogP contribution in [0.15, 0.2) is 16.8 Å². The highest BCUT2D eigenvalue weighted by Gasteiger charge is 2.24. The Kier molecular flexibility index (Phi) is 5.49. The summed E-state index contributed by atoms with van der Waals surface area (Å²) in [7, 11) is 0. The summed E-state index contributed by atoms with van der Waals surface area (Å²) in [5.41, 5.74) is -0.311. The predicted octanol–water partition coefficient (Wildman–Crippen LogP) is 2.83. The van der Waals surface area contributed by atoms with Crippen LogP contribution in [0.2, 0.25) is 0 Å². The Bertz CT molecular complexity index is 608. The Morgan fingerprint density at radius 2 is 2.23 bits per heavy atom. The maximum atomic E-state index is 11.9. The summed E-state index contributed by atoms with van der Waals surface area (Å²) < 4.78 is 0. The monoisotopic (exact) mass is 340 g/mol. The zero-order chi connectivity index (χ0) is 16.2. The molecular weight excluding hydrogens is 320 g/mol. The minimum absolute atomic E-state index is 0.118. The molecule has 0 spiro atoms. The fourth-order valence-electron chi connectivity index (χ4n) is 1.80. The Morgan fingerprint density at radius 1 is 1.45 bits per heavy atom. The van der Waals surface area contributed by atoms with E-state index in [1.807, 2.05) is 16.8 Å². The van der Waals surface area contributed by atoms with Gasteiger partial charge in [0.15, 0.2) is 0 Å². The summed E-state index contributed by atoms with van der Waals surface area (Å²) in [5.74, 6) is 0.496. The van der Waals surface area contributed by atoms with Gasteiger partial charge in [-0.1, -0.05) is 25.2 Å². The van der Waals surface area contributed by atoms with Crippen molar-refractivity contribution in [3.63, 3.8) is 0 Å². The second-order valence-electron chi connectivity index (χ2n) is 5.69. The highest BCUT2D eigenvalue weighted by Crippen LogP contribution is 2.22. The number of urea groups is 1. The van der Waals surface area contributed by atoms with E-state index in [9.17, 15) is 9.90 Å². The Hall–Kier alpha value is -1.51. The number of carbonyl (C=O) groups excluding carboxylic acids is 1. The van der Waals surface area contributed by atoms with E-state index in [1.54, 1.807) is 6.92 Å². The van der Waals surface area contributed by atoms with Crippen LogP contribution in [0.5, 0.6) is 0 Å². The second kappa shape index (κ2) is 7.17. The van der Waals surface area contributed by atoms with Gasteiger partial charge >= 0.3 is 6.03 Å². The lowest BCUT2D eigenvalue weighted by molar-refractivity contribution is 0.0604. The maximum Gasteiger partial charge on any atom is 0.321 e. The van der Waals surface area contributed by atoms with E-state index in [1.165, 1.54) is 22.7 Å². The van der Waals surface area contributed by atoms with E-state index < -0.39 is 11.6 Å². The summed E-state index contributed by atoms with van der Waals surface area (Å²) in [4.78, 5) is 11.9. The summed E-state index contributed by atoms with van der Waals surface area (Å²) in [5, 5.41) is 28.7. The van der Waals surface area contributed by atoms with Gasteiger partial charge in [-0.25, -0.2) is 4.79 Å². The van der Waals surface area contributed by atoms with Crippen molar-refractivity contribution in [3.05, 3.63) is 27.4 Å². The Labute approximate surface area is 137 Å². The van der Waals surface area contributed by atoms with Gasteiger partial charge in [-0.15, -0.1) is 10.2 Å². The van der Waals surface area contributed by atoms with E-state index in [2.05, 4.69) is 34.7 Å².